The Morgan fingerprint density at radius 2 is 1.64 bits per heavy atom. The van der Waals surface area contributed by atoms with Gasteiger partial charge in [-0.3, -0.25) is 14.8 Å². The van der Waals surface area contributed by atoms with Crippen molar-refractivity contribution in [2.45, 2.75) is 18.6 Å². The normalized spacial score (nSPS) is 12.7. The molecular weight excluding hydrogens is 422 g/mol. The van der Waals surface area contributed by atoms with E-state index < -0.39 is 23.5 Å². The molecule has 0 bridgehead atoms. The quantitative estimate of drug-likeness (QED) is 0.149. The van der Waals surface area contributed by atoms with Crippen molar-refractivity contribution in [3.05, 3.63) is 83.4 Å². The fraction of sp³-hybridized carbons (Fsp3) is 0.125. The highest BCUT2D eigenvalue weighted by atomic mass is 16.5. The Kier molecular flexibility index (Phi) is 7.11. The number of rotatable bonds is 5. The van der Waals surface area contributed by atoms with Gasteiger partial charge in [-0.25, -0.2) is 10.5 Å². The molecule has 3 aromatic rings. The highest BCUT2D eigenvalue weighted by Crippen LogP contribution is 2.23. The maximum Gasteiger partial charge on any atom is 0.269 e. The molecule has 0 radical (unpaired) electrons. The summed E-state index contributed by atoms with van der Waals surface area (Å²) < 4.78 is 0. The van der Waals surface area contributed by atoms with E-state index in [0.29, 0.717) is 11.3 Å². The molecule has 0 fully saturated rings. The summed E-state index contributed by atoms with van der Waals surface area (Å²) in [6.45, 7) is 1.31. The van der Waals surface area contributed by atoms with Crippen LogP contribution in [0.3, 0.4) is 0 Å². The number of aromatic amines is 1. The molecule has 3 rings (SSSR count). The molecule has 0 spiro atoms. The van der Waals surface area contributed by atoms with Gasteiger partial charge in [-0.05, 0) is 67.3 Å². The van der Waals surface area contributed by atoms with Crippen LogP contribution in [0.25, 0.3) is 0 Å². The Bertz CT molecular complexity index is 1240. The summed E-state index contributed by atoms with van der Waals surface area (Å²) in [5, 5.41) is 22.3. The number of nitrogens with zero attached hydrogens (tertiary/aromatic N) is 1. The second-order valence-corrected chi connectivity index (χ2v) is 7.19. The summed E-state index contributed by atoms with van der Waals surface area (Å²) in [6, 6.07) is 11.9. The molecule has 9 nitrogen and oxygen atoms in total. The third-order valence-electron chi connectivity index (χ3n) is 4.79. The number of carbonyl (C=O) groups excluding carboxylic acids is 2. The molecule has 0 saturated heterocycles. The van der Waals surface area contributed by atoms with Crippen LogP contribution < -0.4 is 16.5 Å². The number of aliphatic hydroxyl groups is 1. The van der Waals surface area contributed by atoms with Crippen LogP contribution >= 0.6 is 0 Å². The SMILES string of the molecule is CC(O)(c1cnc[nH]1)[C@H](NC(=O)c1ccc(C#CC#Cc2ccc(N)cc2)cc1)C(=O)NO. The van der Waals surface area contributed by atoms with E-state index in [2.05, 4.69) is 39.0 Å². The molecule has 9 heteroatoms. The Morgan fingerprint density at radius 3 is 2.15 bits per heavy atom. The first-order valence-corrected chi connectivity index (χ1v) is 9.75. The standard InChI is InChI=1S/C24H21N5O4/c1-24(32,20-14-26-15-27-20)21(23(31)29-33)28-22(30)18-10-6-16(7-11-18)4-2-3-5-17-8-12-19(25)13-9-17/h6-15,21,32-33H,25H2,1H3,(H,26,27)(H,28,30)(H,29,31)/t21-,24?/m1/s1. The molecular formula is C24H21N5O4. The van der Waals surface area contributed by atoms with Crippen molar-refractivity contribution >= 4 is 17.5 Å². The van der Waals surface area contributed by atoms with Gasteiger partial charge >= 0.3 is 0 Å². The minimum absolute atomic E-state index is 0.183. The highest BCUT2D eigenvalue weighted by molar-refractivity contribution is 5.97. The highest BCUT2D eigenvalue weighted by Gasteiger charge is 2.41. The number of aromatic nitrogens is 2. The number of anilines is 1. The Labute approximate surface area is 190 Å². The van der Waals surface area contributed by atoms with E-state index in [-0.39, 0.29) is 11.3 Å². The summed E-state index contributed by atoms with van der Waals surface area (Å²) in [6.07, 6.45) is 2.63. The van der Waals surface area contributed by atoms with Gasteiger partial charge in [0.2, 0.25) is 0 Å². The van der Waals surface area contributed by atoms with Crippen LogP contribution in [0.5, 0.6) is 0 Å². The fourth-order valence-electron chi connectivity index (χ4n) is 2.91. The molecule has 0 aliphatic heterocycles. The number of nitrogens with one attached hydrogen (secondary N) is 3. The van der Waals surface area contributed by atoms with Crippen LogP contribution in [0, 0.1) is 23.7 Å². The number of hydrogen-bond donors (Lipinski definition) is 6. The lowest BCUT2D eigenvalue weighted by Crippen LogP contribution is -2.57. The molecule has 1 aromatic heterocycles. The lowest BCUT2D eigenvalue weighted by atomic mass is 9.92. The number of nitrogen functional groups attached to an aromatic ring is 1. The molecule has 2 atom stereocenters. The van der Waals surface area contributed by atoms with Crippen LogP contribution in [0.4, 0.5) is 5.69 Å². The average Bonchev–Trinajstić information content (AvgIpc) is 3.37. The van der Waals surface area contributed by atoms with Gasteiger partial charge in [0.15, 0.2) is 0 Å². The van der Waals surface area contributed by atoms with Gasteiger partial charge in [0, 0.05) is 22.4 Å². The van der Waals surface area contributed by atoms with E-state index >= 15 is 0 Å². The van der Waals surface area contributed by atoms with E-state index in [4.69, 9.17) is 10.9 Å². The third kappa shape index (κ3) is 5.77. The number of amides is 2. The molecule has 0 saturated carbocycles. The predicted molar refractivity (Wildman–Crippen MR) is 120 cm³/mol. The van der Waals surface area contributed by atoms with Crippen LogP contribution in [-0.4, -0.2) is 38.1 Å². The number of benzene rings is 2. The van der Waals surface area contributed by atoms with Crippen molar-refractivity contribution in [2.75, 3.05) is 5.73 Å². The van der Waals surface area contributed by atoms with Crippen molar-refractivity contribution in [1.29, 1.82) is 0 Å². The summed E-state index contributed by atoms with van der Waals surface area (Å²) in [7, 11) is 0. The molecule has 0 aliphatic carbocycles. The zero-order valence-corrected chi connectivity index (χ0v) is 17.6. The van der Waals surface area contributed by atoms with E-state index in [1.165, 1.54) is 37.1 Å². The lowest BCUT2D eigenvalue weighted by molar-refractivity contribution is -0.138. The van der Waals surface area contributed by atoms with Gasteiger partial charge in [0.05, 0.1) is 18.2 Å². The van der Waals surface area contributed by atoms with Crippen LogP contribution in [-0.2, 0) is 10.4 Å². The summed E-state index contributed by atoms with van der Waals surface area (Å²) in [5.41, 5.74) is 7.71. The number of hydrogen-bond acceptors (Lipinski definition) is 6. The fourth-order valence-corrected chi connectivity index (χ4v) is 2.91. The van der Waals surface area contributed by atoms with Crippen LogP contribution in [0.15, 0.2) is 61.1 Å². The topological polar surface area (TPSA) is 153 Å². The number of imidazole rings is 1. The maximum absolute atomic E-state index is 12.7. The smallest absolute Gasteiger partial charge is 0.269 e. The number of H-pyrrole nitrogens is 1. The van der Waals surface area contributed by atoms with E-state index in [9.17, 15) is 14.7 Å². The van der Waals surface area contributed by atoms with Crippen molar-refractivity contribution < 1.29 is 19.9 Å². The van der Waals surface area contributed by atoms with Gasteiger partial charge in [-0.2, -0.15) is 0 Å². The molecule has 2 aromatic carbocycles. The molecule has 7 N–H and O–H groups in total. The van der Waals surface area contributed by atoms with Crippen molar-refractivity contribution in [3.63, 3.8) is 0 Å². The van der Waals surface area contributed by atoms with E-state index in [0.717, 1.165) is 5.56 Å². The Morgan fingerprint density at radius 1 is 1.06 bits per heavy atom. The van der Waals surface area contributed by atoms with E-state index in [1.807, 2.05) is 0 Å². The van der Waals surface area contributed by atoms with Gasteiger partial charge in [-0.1, -0.05) is 11.8 Å². The molecule has 1 unspecified atom stereocenters. The summed E-state index contributed by atoms with van der Waals surface area (Å²) in [5.74, 6) is 9.63. The number of nitrogens with two attached hydrogens (primary N) is 1. The van der Waals surface area contributed by atoms with Gasteiger partial charge in [-0.15, -0.1) is 0 Å². The average molecular weight is 443 g/mol. The van der Waals surface area contributed by atoms with Gasteiger partial charge in [0.25, 0.3) is 11.8 Å². The lowest BCUT2D eigenvalue weighted by Gasteiger charge is -2.30. The molecule has 33 heavy (non-hydrogen) atoms. The summed E-state index contributed by atoms with van der Waals surface area (Å²) >= 11 is 0. The first-order valence-electron chi connectivity index (χ1n) is 9.75. The third-order valence-corrected chi connectivity index (χ3v) is 4.79. The zero-order valence-electron chi connectivity index (χ0n) is 17.6. The largest absolute Gasteiger partial charge is 0.399 e. The minimum Gasteiger partial charge on any atom is -0.399 e. The second-order valence-electron chi connectivity index (χ2n) is 7.19. The number of hydroxylamine groups is 1. The minimum atomic E-state index is -1.87. The van der Waals surface area contributed by atoms with Crippen molar-refractivity contribution in [2.24, 2.45) is 0 Å². The van der Waals surface area contributed by atoms with Crippen LogP contribution in [0.1, 0.15) is 34.1 Å². The Hall–Kier alpha value is -4.57. The van der Waals surface area contributed by atoms with Crippen molar-refractivity contribution in [3.8, 4) is 23.7 Å². The van der Waals surface area contributed by atoms with Crippen molar-refractivity contribution in [1.82, 2.24) is 20.8 Å². The molecule has 1 heterocycles. The van der Waals surface area contributed by atoms with Gasteiger partial charge < -0.3 is 21.1 Å². The van der Waals surface area contributed by atoms with E-state index in [1.54, 1.807) is 36.4 Å². The first-order chi connectivity index (χ1) is 15.8. The monoisotopic (exact) mass is 443 g/mol. The van der Waals surface area contributed by atoms with Gasteiger partial charge in [0.1, 0.15) is 11.6 Å². The predicted octanol–water partition coefficient (Wildman–Crippen LogP) is 0.907. The maximum atomic E-state index is 12.7. The zero-order chi connectivity index (χ0) is 23.8. The summed E-state index contributed by atoms with van der Waals surface area (Å²) in [4.78, 5) is 31.3. The molecule has 2 amide bonds. The molecule has 0 aliphatic rings. The number of carbonyl (C=O) groups is 2. The Balaban J connectivity index is 1.70. The van der Waals surface area contributed by atoms with Crippen LogP contribution in [0.2, 0.25) is 0 Å². The second kappa shape index (κ2) is 10.2. The first kappa shape index (κ1) is 23.1. The molecule has 166 valence electrons.